The third-order valence-electron chi connectivity index (χ3n) is 3.82. The van der Waals surface area contributed by atoms with Gasteiger partial charge in [-0.25, -0.2) is 4.39 Å². The number of rotatable bonds is 5. The Kier molecular flexibility index (Phi) is 6.14. The monoisotopic (exact) mass is 357 g/mol. The number of hydrogen-bond donors (Lipinski definition) is 2. The second kappa shape index (κ2) is 7.87. The molecule has 0 bridgehead atoms. The number of piperidine rings is 1. The molecule has 6 heteroatoms. The molecule has 0 spiro atoms. The number of hydrogen-bond acceptors (Lipinski definition) is 3. The molecule has 1 aromatic rings. The Labute approximate surface area is 133 Å². The molecule has 1 aliphatic heterocycles. The summed E-state index contributed by atoms with van der Waals surface area (Å²) in [7, 11) is 1.66. The summed E-state index contributed by atoms with van der Waals surface area (Å²) in [4.78, 5) is 13.5. The largest absolute Gasteiger partial charge is 0.358 e. The van der Waals surface area contributed by atoms with Crippen LogP contribution >= 0.6 is 15.9 Å². The first-order valence-electron chi connectivity index (χ1n) is 7.18. The van der Waals surface area contributed by atoms with Gasteiger partial charge in [0.1, 0.15) is 5.82 Å². The summed E-state index contributed by atoms with van der Waals surface area (Å²) < 4.78 is 14.5. The summed E-state index contributed by atoms with van der Waals surface area (Å²) in [6.07, 6.45) is 1.96. The van der Waals surface area contributed by atoms with Crippen LogP contribution in [0.25, 0.3) is 0 Å². The van der Waals surface area contributed by atoms with Gasteiger partial charge in [-0.05, 0) is 31.0 Å². The SMILES string of the molecule is CNC(=O)CN1CCC(NCc2cc(Br)ccc2F)CC1. The zero-order valence-electron chi connectivity index (χ0n) is 12.2. The molecule has 2 rings (SSSR count). The molecule has 4 nitrogen and oxygen atoms in total. The first kappa shape index (κ1) is 16.4. The molecule has 2 N–H and O–H groups in total. The number of benzene rings is 1. The highest BCUT2D eigenvalue weighted by Crippen LogP contribution is 2.16. The van der Waals surface area contributed by atoms with E-state index in [0.717, 1.165) is 30.4 Å². The van der Waals surface area contributed by atoms with Crippen molar-refractivity contribution in [1.82, 2.24) is 15.5 Å². The molecular formula is C15H21BrFN3O. The Morgan fingerprint density at radius 2 is 2.14 bits per heavy atom. The topological polar surface area (TPSA) is 44.4 Å². The third kappa shape index (κ3) is 5.05. The molecule has 0 radical (unpaired) electrons. The fraction of sp³-hybridized carbons (Fsp3) is 0.533. The van der Waals surface area contributed by atoms with Crippen LogP contribution in [-0.4, -0.2) is 43.5 Å². The average Bonchev–Trinajstić information content (AvgIpc) is 2.49. The summed E-state index contributed by atoms with van der Waals surface area (Å²) >= 11 is 3.36. The number of amides is 1. The van der Waals surface area contributed by atoms with Crippen molar-refractivity contribution < 1.29 is 9.18 Å². The predicted molar refractivity (Wildman–Crippen MR) is 84.5 cm³/mol. The molecule has 0 saturated carbocycles. The van der Waals surface area contributed by atoms with E-state index >= 15 is 0 Å². The number of likely N-dealkylation sites (N-methyl/N-ethyl adjacent to an activating group) is 1. The lowest BCUT2D eigenvalue weighted by molar-refractivity contribution is -0.122. The quantitative estimate of drug-likeness (QED) is 0.845. The fourth-order valence-corrected chi connectivity index (χ4v) is 2.92. The van der Waals surface area contributed by atoms with E-state index in [-0.39, 0.29) is 11.7 Å². The van der Waals surface area contributed by atoms with Crippen molar-refractivity contribution in [3.63, 3.8) is 0 Å². The van der Waals surface area contributed by atoms with Crippen LogP contribution in [-0.2, 0) is 11.3 Å². The summed E-state index contributed by atoms with van der Waals surface area (Å²) in [5, 5.41) is 6.05. The molecule has 116 valence electrons. The predicted octanol–water partition coefficient (Wildman–Crippen LogP) is 1.89. The molecule has 21 heavy (non-hydrogen) atoms. The summed E-state index contributed by atoms with van der Waals surface area (Å²) in [6.45, 7) is 2.78. The van der Waals surface area contributed by atoms with Gasteiger partial charge in [0.25, 0.3) is 0 Å². The maximum Gasteiger partial charge on any atom is 0.233 e. The van der Waals surface area contributed by atoms with Gasteiger partial charge >= 0.3 is 0 Å². The molecule has 1 heterocycles. The van der Waals surface area contributed by atoms with Crippen LogP contribution in [0.2, 0.25) is 0 Å². The molecular weight excluding hydrogens is 337 g/mol. The van der Waals surface area contributed by atoms with Crippen LogP contribution in [0.3, 0.4) is 0 Å². The van der Waals surface area contributed by atoms with Gasteiger partial charge < -0.3 is 10.6 Å². The maximum atomic E-state index is 13.7. The van der Waals surface area contributed by atoms with Crippen molar-refractivity contribution >= 4 is 21.8 Å². The first-order valence-corrected chi connectivity index (χ1v) is 7.98. The zero-order valence-corrected chi connectivity index (χ0v) is 13.7. The number of likely N-dealkylation sites (tertiary alicyclic amines) is 1. The Hall–Kier alpha value is -0.980. The molecule has 1 aliphatic rings. The number of nitrogens with zero attached hydrogens (tertiary/aromatic N) is 1. The Balaban J connectivity index is 1.76. The molecule has 0 unspecified atom stereocenters. The molecule has 0 atom stereocenters. The van der Waals surface area contributed by atoms with Crippen molar-refractivity contribution in [3.8, 4) is 0 Å². The van der Waals surface area contributed by atoms with Gasteiger partial charge in [-0.1, -0.05) is 15.9 Å². The lowest BCUT2D eigenvalue weighted by Crippen LogP contribution is -2.45. The highest BCUT2D eigenvalue weighted by molar-refractivity contribution is 9.10. The van der Waals surface area contributed by atoms with Crippen LogP contribution in [0.1, 0.15) is 18.4 Å². The van der Waals surface area contributed by atoms with Crippen molar-refractivity contribution in [1.29, 1.82) is 0 Å². The molecule has 0 aliphatic carbocycles. The highest BCUT2D eigenvalue weighted by atomic mass is 79.9. The molecule has 1 aromatic carbocycles. The standard InChI is InChI=1S/C15H21BrFN3O/c1-18-15(21)10-20-6-4-13(5-7-20)19-9-11-8-12(16)2-3-14(11)17/h2-3,8,13,19H,4-7,9-10H2,1H3,(H,18,21). The van der Waals surface area contributed by atoms with Gasteiger partial charge in [0.2, 0.25) is 5.91 Å². The average molecular weight is 358 g/mol. The minimum Gasteiger partial charge on any atom is -0.358 e. The number of carbonyl (C=O) groups excluding carboxylic acids is 1. The maximum absolute atomic E-state index is 13.7. The van der Waals surface area contributed by atoms with Crippen LogP contribution in [0, 0.1) is 5.82 Å². The van der Waals surface area contributed by atoms with E-state index in [1.807, 2.05) is 6.07 Å². The first-order chi connectivity index (χ1) is 10.1. The molecule has 1 amide bonds. The van der Waals surface area contributed by atoms with Crippen molar-refractivity contribution in [2.75, 3.05) is 26.7 Å². The van der Waals surface area contributed by atoms with Crippen molar-refractivity contribution in [2.45, 2.75) is 25.4 Å². The van der Waals surface area contributed by atoms with E-state index in [1.165, 1.54) is 6.07 Å². The van der Waals surface area contributed by atoms with E-state index < -0.39 is 0 Å². The number of nitrogens with one attached hydrogen (secondary N) is 2. The zero-order chi connectivity index (χ0) is 15.2. The van der Waals surface area contributed by atoms with Crippen LogP contribution in [0.4, 0.5) is 4.39 Å². The van der Waals surface area contributed by atoms with Crippen LogP contribution in [0.5, 0.6) is 0 Å². The lowest BCUT2D eigenvalue weighted by atomic mass is 10.0. The van der Waals surface area contributed by atoms with Gasteiger partial charge in [0.15, 0.2) is 0 Å². The van der Waals surface area contributed by atoms with Gasteiger partial charge in [-0.3, -0.25) is 9.69 Å². The van der Waals surface area contributed by atoms with E-state index in [0.29, 0.717) is 24.7 Å². The smallest absolute Gasteiger partial charge is 0.233 e. The van der Waals surface area contributed by atoms with E-state index in [4.69, 9.17) is 0 Å². The number of halogens is 2. The molecule has 1 fully saturated rings. The second-order valence-corrected chi connectivity index (χ2v) is 6.26. The van der Waals surface area contributed by atoms with E-state index in [1.54, 1.807) is 13.1 Å². The minimum atomic E-state index is -0.178. The van der Waals surface area contributed by atoms with Gasteiger partial charge in [-0.2, -0.15) is 0 Å². The molecule has 1 saturated heterocycles. The number of carbonyl (C=O) groups is 1. The lowest BCUT2D eigenvalue weighted by Gasteiger charge is -2.31. The second-order valence-electron chi connectivity index (χ2n) is 5.34. The summed E-state index contributed by atoms with van der Waals surface area (Å²) in [5.74, 6) is -0.125. The van der Waals surface area contributed by atoms with Gasteiger partial charge in [-0.15, -0.1) is 0 Å². The van der Waals surface area contributed by atoms with Crippen LogP contribution in [0.15, 0.2) is 22.7 Å². The van der Waals surface area contributed by atoms with Crippen LogP contribution < -0.4 is 10.6 Å². The van der Waals surface area contributed by atoms with E-state index in [2.05, 4.69) is 31.5 Å². The third-order valence-corrected chi connectivity index (χ3v) is 4.32. The van der Waals surface area contributed by atoms with E-state index in [9.17, 15) is 9.18 Å². The minimum absolute atomic E-state index is 0.0533. The Morgan fingerprint density at radius 1 is 1.43 bits per heavy atom. The molecule has 0 aromatic heterocycles. The summed E-state index contributed by atoms with van der Waals surface area (Å²) in [5.41, 5.74) is 0.678. The fourth-order valence-electron chi connectivity index (χ4n) is 2.51. The highest BCUT2D eigenvalue weighted by Gasteiger charge is 2.20. The Bertz CT molecular complexity index is 490. The summed E-state index contributed by atoms with van der Waals surface area (Å²) in [6, 6.07) is 5.37. The van der Waals surface area contributed by atoms with Crippen molar-refractivity contribution in [3.05, 3.63) is 34.1 Å². The van der Waals surface area contributed by atoms with Crippen molar-refractivity contribution in [2.24, 2.45) is 0 Å². The van der Waals surface area contributed by atoms with Gasteiger partial charge in [0, 0.05) is 42.8 Å². The Morgan fingerprint density at radius 3 is 2.81 bits per heavy atom. The normalized spacial score (nSPS) is 16.9. The van der Waals surface area contributed by atoms with Gasteiger partial charge in [0.05, 0.1) is 6.54 Å².